The molecule has 0 rings (SSSR count). The van der Waals surface area contributed by atoms with Crippen molar-refractivity contribution >= 4 is 5.71 Å². The van der Waals surface area contributed by atoms with E-state index in [-0.39, 0.29) is 0 Å². The first-order valence-corrected chi connectivity index (χ1v) is 5.50. The molecule has 17 heavy (non-hydrogen) atoms. The van der Waals surface area contributed by atoms with Crippen LogP contribution in [0.5, 0.6) is 0 Å². The van der Waals surface area contributed by atoms with Gasteiger partial charge in [-0.3, -0.25) is 4.99 Å². The fraction of sp³-hybridized carbons (Fsp3) is 0.385. The minimum atomic E-state index is 0.389. The van der Waals surface area contributed by atoms with Crippen molar-refractivity contribution in [2.45, 2.75) is 6.92 Å². The molecular formula is C13H20N4. The number of rotatable bonds is 8. The van der Waals surface area contributed by atoms with Gasteiger partial charge in [-0.1, -0.05) is 12.7 Å². The molecule has 0 saturated heterocycles. The van der Waals surface area contributed by atoms with Crippen LogP contribution in [0.25, 0.3) is 0 Å². The molecule has 0 saturated carbocycles. The third-order valence-electron chi connectivity index (χ3n) is 2.05. The molecule has 0 unspecified atom stereocenters. The van der Waals surface area contributed by atoms with Gasteiger partial charge in [-0.05, 0) is 30.8 Å². The molecule has 0 amide bonds. The van der Waals surface area contributed by atoms with Gasteiger partial charge < -0.3 is 10.6 Å². The lowest BCUT2D eigenvalue weighted by Gasteiger charge is -2.00. The van der Waals surface area contributed by atoms with Crippen molar-refractivity contribution in [3.8, 4) is 6.07 Å². The van der Waals surface area contributed by atoms with E-state index in [2.05, 4.69) is 22.2 Å². The lowest BCUT2D eigenvalue weighted by molar-refractivity contribution is 0.711. The Kier molecular flexibility index (Phi) is 9.49. The monoisotopic (exact) mass is 232 g/mol. The van der Waals surface area contributed by atoms with Gasteiger partial charge in [0.05, 0.1) is 18.3 Å². The predicted octanol–water partition coefficient (Wildman–Crippen LogP) is 1.41. The lowest BCUT2D eigenvalue weighted by atomic mass is 10.1. The van der Waals surface area contributed by atoms with E-state index in [4.69, 9.17) is 5.26 Å². The molecule has 0 heterocycles. The summed E-state index contributed by atoms with van der Waals surface area (Å²) in [6.07, 6.45) is 7.50. The molecule has 0 aromatic heterocycles. The van der Waals surface area contributed by atoms with Gasteiger partial charge in [0.1, 0.15) is 0 Å². The highest BCUT2D eigenvalue weighted by atomic mass is 14.9. The summed E-state index contributed by atoms with van der Waals surface area (Å²) in [6, 6.07) is 2.02. The largest absolute Gasteiger partial charge is 0.390 e. The van der Waals surface area contributed by atoms with E-state index < -0.39 is 0 Å². The third kappa shape index (κ3) is 8.00. The Bertz CT molecular complexity index is 345. The van der Waals surface area contributed by atoms with E-state index in [0.29, 0.717) is 6.54 Å². The summed E-state index contributed by atoms with van der Waals surface area (Å²) >= 11 is 0. The minimum absolute atomic E-state index is 0.389. The van der Waals surface area contributed by atoms with Crippen LogP contribution in [-0.4, -0.2) is 32.4 Å². The topological polar surface area (TPSA) is 60.2 Å². The lowest BCUT2D eigenvalue weighted by Crippen LogP contribution is -2.24. The quantitative estimate of drug-likeness (QED) is 0.288. The number of nitrogens with one attached hydrogen (secondary N) is 2. The van der Waals surface area contributed by atoms with Crippen molar-refractivity contribution in [1.82, 2.24) is 10.6 Å². The SMILES string of the molecule is C=CC(=N/C)/C(C)=C\C=C\NCCNCC#N. The summed E-state index contributed by atoms with van der Waals surface area (Å²) < 4.78 is 0. The van der Waals surface area contributed by atoms with Crippen LogP contribution < -0.4 is 10.6 Å². The first-order valence-electron chi connectivity index (χ1n) is 5.50. The summed E-state index contributed by atoms with van der Waals surface area (Å²) in [6.45, 7) is 7.64. The highest BCUT2D eigenvalue weighted by Gasteiger charge is 1.92. The molecule has 92 valence electrons. The van der Waals surface area contributed by atoms with Gasteiger partial charge in [0, 0.05) is 20.1 Å². The highest BCUT2D eigenvalue weighted by Crippen LogP contribution is 1.98. The maximum Gasteiger partial charge on any atom is 0.0841 e. The fourth-order valence-corrected chi connectivity index (χ4v) is 1.16. The van der Waals surface area contributed by atoms with Crippen molar-refractivity contribution in [3.63, 3.8) is 0 Å². The van der Waals surface area contributed by atoms with Crippen LogP contribution in [0, 0.1) is 11.3 Å². The van der Waals surface area contributed by atoms with Crippen LogP contribution in [-0.2, 0) is 0 Å². The molecule has 0 aromatic rings. The second-order valence-electron chi connectivity index (χ2n) is 3.31. The number of hydrogen-bond donors (Lipinski definition) is 2. The predicted molar refractivity (Wildman–Crippen MR) is 72.9 cm³/mol. The van der Waals surface area contributed by atoms with Crippen LogP contribution in [0.1, 0.15) is 6.92 Å². The molecule has 0 radical (unpaired) electrons. The first kappa shape index (κ1) is 15.1. The average Bonchev–Trinajstić information content (AvgIpc) is 2.34. The first-order chi connectivity index (χ1) is 8.26. The van der Waals surface area contributed by atoms with Crippen molar-refractivity contribution in [2.24, 2.45) is 4.99 Å². The van der Waals surface area contributed by atoms with Gasteiger partial charge in [0.2, 0.25) is 0 Å². The third-order valence-corrected chi connectivity index (χ3v) is 2.05. The van der Waals surface area contributed by atoms with Crippen LogP contribution in [0.2, 0.25) is 0 Å². The molecule has 4 heteroatoms. The number of allylic oxidation sites excluding steroid dienone is 4. The van der Waals surface area contributed by atoms with Gasteiger partial charge in [-0.25, -0.2) is 0 Å². The number of hydrogen-bond acceptors (Lipinski definition) is 4. The number of aliphatic imine (C=N–C) groups is 1. The van der Waals surface area contributed by atoms with Crippen LogP contribution >= 0.6 is 0 Å². The van der Waals surface area contributed by atoms with Gasteiger partial charge in [0.25, 0.3) is 0 Å². The molecule has 2 N–H and O–H groups in total. The Hall–Kier alpha value is -1.86. The second kappa shape index (κ2) is 10.7. The Balaban J connectivity index is 3.83. The smallest absolute Gasteiger partial charge is 0.0841 e. The summed E-state index contributed by atoms with van der Waals surface area (Å²) in [4.78, 5) is 4.09. The molecule has 4 nitrogen and oxygen atoms in total. The molecule has 0 aromatic carbocycles. The zero-order valence-electron chi connectivity index (χ0n) is 10.5. The number of nitrogens with zero attached hydrogens (tertiary/aromatic N) is 2. The normalized spacial score (nSPS) is 12.5. The van der Waals surface area contributed by atoms with Crippen molar-refractivity contribution in [2.75, 3.05) is 26.7 Å². The Morgan fingerprint density at radius 2 is 2.24 bits per heavy atom. The zero-order chi connectivity index (χ0) is 12.9. The minimum Gasteiger partial charge on any atom is -0.390 e. The van der Waals surface area contributed by atoms with Crippen LogP contribution in [0.4, 0.5) is 0 Å². The molecule has 0 bridgehead atoms. The Morgan fingerprint density at radius 3 is 2.82 bits per heavy atom. The van der Waals surface area contributed by atoms with E-state index in [1.165, 1.54) is 0 Å². The van der Waals surface area contributed by atoms with E-state index in [1.54, 1.807) is 13.1 Å². The van der Waals surface area contributed by atoms with E-state index in [0.717, 1.165) is 24.4 Å². The zero-order valence-corrected chi connectivity index (χ0v) is 10.5. The molecule has 0 aliphatic rings. The molecule has 0 atom stereocenters. The standard InChI is InChI=1S/C13H20N4/c1-4-13(15-3)12(2)6-5-8-16-10-11-17-9-7-14/h4-6,8,16-17H,1,9-11H2,2-3H3/b8-5+,12-6-,15-13-. The highest BCUT2D eigenvalue weighted by molar-refractivity contribution is 6.07. The maximum absolute atomic E-state index is 8.29. The van der Waals surface area contributed by atoms with E-state index in [9.17, 15) is 0 Å². The van der Waals surface area contributed by atoms with E-state index >= 15 is 0 Å². The van der Waals surface area contributed by atoms with Crippen LogP contribution in [0.15, 0.2) is 41.6 Å². The van der Waals surface area contributed by atoms with Gasteiger partial charge in [0.15, 0.2) is 0 Å². The average molecular weight is 232 g/mol. The molecule has 0 spiro atoms. The van der Waals surface area contributed by atoms with Crippen molar-refractivity contribution in [3.05, 3.63) is 36.6 Å². The van der Waals surface area contributed by atoms with E-state index in [1.807, 2.05) is 31.3 Å². The Morgan fingerprint density at radius 1 is 1.47 bits per heavy atom. The summed E-state index contributed by atoms with van der Waals surface area (Å²) in [5.74, 6) is 0. The van der Waals surface area contributed by atoms with Gasteiger partial charge >= 0.3 is 0 Å². The summed E-state index contributed by atoms with van der Waals surface area (Å²) in [7, 11) is 1.75. The van der Waals surface area contributed by atoms with Gasteiger partial charge in [-0.2, -0.15) is 5.26 Å². The Labute approximate surface area is 103 Å². The summed E-state index contributed by atoms with van der Waals surface area (Å²) in [5, 5.41) is 14.4. The summed E-state index contributed by atoms with van der Waals surface area (Å²) in [5.41, 5.74) is 1.97. The maximum atomic E-state index is 8.29. The fourth-order valence-electron chi connectivity index (χ4n) is 1.16. The van der Waals surface area contributed by atoms with Crippen molar-refractivity contribution in [1.29, 1.82) is 5.26 Å². The van der Waals surface area contributed by atoms with Crippen LogP contribution in [0.3, 0.4) is 0 Å². The van der Waals surface area contributed by atoms with Crippen molar-refractivity contribution < 1.29 is 0 Å². The number of nitriles is 1. The second-order valence-corrected chi connectivity index (χ2v) is 3.31. The molecule has 0 fully saturated rings. The molecular weight excluding hydrogens is 212 g/mol. The molecule has 0 aliphatic heterocycles. The molecule has 0 aliphatic carbocycles. The van der Waals surface area contributed by atoms with Gasteiger partial charge in [-0.15, -0.1) is 0 Å².